The summed E-state index contributed by atoms with van der Waals surface area (Å²) in [5.74, 6) is -1.67. The highest BCUT2D eigenvalue weighted by atomic mass is 32.2. The van der Waals surface area contributed by atoms with Crippen LogP contribution in [0.25, 0.3) is 32.9 Å². The number of unbranched alkanes of at least 4 members (excludes halogenated alkanes) is 1. The van der Waals surface area contributed by atoms with Crippen LogP contribution in [0.3, 0.4) is 0 Å². The Morgan fingerprint density at radius 2 is 1.47 bits per heavy atom. The lowest BCUT2D eigenvalue weighted by Gasteiger charge is -2.21. The molecule has 1 unspecified atom stereocenters. The molecule has 5 aromatic rings. The second kappa shape index (κ2) is 13.9. The zero-order valence-electron chi connectivity index (χ0n) is 25.8. The minimum Gasteiger partial charge on any atom is -0.345 e. The molecule has 256 valence electrons. The van der Waals surface area contributed by atoms with Crippen molar-refractivity contribution in [3.05, 3.63) is 113 Å². The highest BCUT2D eigenvalue weighted by Crippen LogP contribution is 2.38. The second-order valence-electron chi connectivity index (χ2n) is 11.4. The van der Waals surface area contributed by atoms with Crippen LogP contribution in [0.15, 0.2) is 91.0 Å². The molecule has 0 radical (unpaired) electrons. The van der Waals surface area contributed by atoms with Crippen molar-refractivity contribution in [1.29, 1.82) is 0 Å². The Labute approximate surface area is 277 Å². The van der Waals surface area contributed by atoms with Crippen molar-refractivity contribution >= 4 is 43.5 Å². The van der Waals surface area contributed by atoms with Gasteiger partial charge in [-0.15, -0.1) is 0 Å². The first kappa shape index (κ1) is 35.3. The molecule has 0 fully saturated rings. The van der Waals surface area contributed by atoms with Gasteiger partial charge in [0.1, 0.15) is 0 Å². The minimum absolute atomic E-state index is 0.0377. The van der Waals surface area contributed by atoms with Crippen molar-refractivity contribution < 1.29 is 44.3 Å². The Kier molecular flexibility index (Phi) is 10.00. The number of halogens is 6. The third kappa shape index (κ3) is 8.55. The SMILES string of the molecule is CCCCS(=O)(=O)NC(=O)CC(NC(=O)c1ccc2nc(-c3cc(C(F)(F)F)cc(C(F)(F)F)c3)ccc2c1)c1cccc2ccccc12. The van der Waals surface area contributed by atoms with E-state index in [1.54, 1.807) is 24.3 Å². The van der Waals surface area contributed by atoms with Gasteiger partial charge in [0.2, 0.25) is 15.9 Å². The molecule has 1 heterocycles. The van der Waals surface area contributed by atoms with E-state index in [9.17, 15) is 44.3 Å². The van der Waals surface area contributed by atoms with Crippen molar-refractivity contribution in [1.82, 2.24) is 15.0 Å². The molecule has 2 N–H and O–H groups in total. The van der Waals surface area contributed by atoms with Gasteiger partial charge in [0.15, 0.2) is 0 Å². The zero-order valence-corrected chi connectivity index (χ0v) is 26.6. The summed E-state index contributed by atoms with van der Waals surface area (Å²) in [5.41, 5.74) is -2.60. The number of carbonyl (C=O) groups is 2. The molecule has 0 spiro atoms. The Morgan fingerprint density at radius 1 is 0.796 bits per heavy atom. The highest BCUT2D eigenvalue weighted by Gasteiger charge is 2.37. The van der Waals surface area contributed by atoms with Crippen molar-refractivity contribution in [3.63, 3.8) is 0 Å². The number of fused-ring (bicyclic) bond motifs is 2. The predicted molar refractivity (Wildman–Crippen MR) is 173 cm³/mol. The zero-order chi connectivity index (χ0) is 35.6. The van der Waals surface area contributed by atoms with Gasteiger partial charge in [-0.3, -0.25) is 14.3 Å². The predicted octanol–water partition coefficient (Wildman–Crippen LogP) is 8.20. The van der Waals surface area contributed by atoms with Crippen LogP contribution < -0.4 is 10.0 Å². The third-order valence-corrected chi connectivity index (χ3v) is 9.13. The summed E-state index contributed by atoms with van der Waals surface area (Å²) >= 11 is 0. The van der Waals surface area contributed by atoms with E-state index in [1.165, 1.54) is 30.3 Å². The first-order valence-corrected chi connectivity index (χ1v) is 16.7. The van der Waals surface area contributed by atoms with Gasteiger partial charge in [-0.05, 0) is 65.2 Å². The molecule has 0 aliphatic carbocycles. The van der Waals surface area contributed by atoms with Crippen molar-refractivity contribution in [3.8, 4) is 11.3 Å². The van der Waals surface area contributed by atoms with Gasteiger partial charge in [0.05, 0.1) is 40.6 Å². The fraction of sp³-hybridized carbons (Fsp3) is 0.229. The number of aromatic nitrogens is 1. The summed E-state index contributed by atoms with van der Waals surface area (Å²) < 4.78 is 107. The number of alkyl halides is 6. The average Bonchev–Trinajstić information content (AvgIpc) is 3.05. The summed E-state index contributed by atoms with van der Waals surface area (Å²) in [6, 6.07) is 19.7. The Balaban J connectivity index is 1.45. The number of pyridine rings is 1. The van der Waals surface area contributed by atoms with Gasteiger partial charge in [0, 0.05) is 16.5 Å². The van der Waals surface area contributed by atoms with Crippen LogP contribution in [0, 0.1) is 0 Å². The van der Waals surface area contributed by atoms with E-state index in [4.69, 9.17) is 0 Å². The van der Waals surface area contributed by atoms with Gasteiger partial charge >= 0.3 is 12.4 Å². The summed E-state index contributed by atoms with van der Waals surface area (Å²) in [5, 5.41) is 4.73. The van der Waals surface area contributed by atoms with E-state index in [0.29, 0.717) is 35.9 Å². The molecule has 14 heteroatoms. The normalized spacial score (nSPS) is 13.0. The Morgan fingerprint density at radius 3 is 2.14 bits per heavy atom. The largest absolute Gasteiger partial charge is 0.416 e. The highest BCUT2D eigenvalue weighted by molar-refractivity contribution is 7.90. The maximum atomic E-state index is 13.6. The van der Waals surface area contributed by atoms with Gasteiger partial charge in [-0.1, -0.05) is 61.9 Å². The molecule has 4 aromatic carbocycles. The lowest BCUT2D eigenvalue weighted by Crippen LogP contribution is -2.37. The summed E-state index contributed by atoms with van der Waals surface area (Å²) in [6.45, 7) is 1.81. The molecular weight excluding hydrogens is 672 g/mol. The van der Waals surface area contributed by atoms with Gasteiger partial charge < -0.3 is 5.32 Å². The number of nitrogens with one attached hydrogen (secondary N) is 2. The standard InChI is InChI=1S/C35H29F6N3O4S/c1-2-3-15-49(47,48)44-32(45)20-31(28-10-6-8-21-7-4-5-9-27(21)28)43-33(46)23-12-14-29-22(16-23)11-13-30(42-29)24-17-25(34(36,37)38)19-26(18-24)35(39,40)41/h4-14,16-19,31H,2-3,15,20H2,1H3,(H,43,46)(H,44,45). The number of rotatable bonds is 10. The van der Waals surface area contributed by atoms with Crippen LogP contribution >= 0.6 is 0 Å². The number of sulfonamides is 1. The number of nitrogens with zero attached hydrogens (tertiary/aromatic N) is 1. The minimum atomic E-state index is -5.02. The van der Waals surface area contributed by atoms with Gasteiger partial charge in [-0.25, -0.2) is 13.4 Å². The van der Waals surface area contributed by atoms with Gasteiger partial charge in [0.25, 0.3) is 5.91 Å². The molecule has 0 saturated heterocycles. The van der Waals surface area contributed by atoms with Crippen LogP contribution in [-0.4, -0.2) is 31.0 Å². The summed E-state index contributed by atoms with van der Waals surface area (Å²) in [7, 11) is -3.89. The number of hydrogen-bond donors (Lipinski definition) is 2. The van der Waals surface area contributed by atoms with Crippen molar-refractivity contribution in [2.75, 3.05) is 5.75 Å². The van der Waals surface area contributed by atoms with Crippen LogP contribution in [0.4, 0.5) is 26.3 Å². The van der Waals surface area contributed by atoms with Crippen LogP contribution in [0.1, 0.15) is 59.3 Å². The van der Waals surface area contributed by atoms with E-state index in [-0.39, 0.29) is 28.6 Å². The molecule has 0 aliphatic rings. The van der Waals surface area contributed by atoms with E-state index in [1.807, 2.05) is 25.1 Å². The summed E-state index contributed by atoms with van der Waals surface area (Å²) in [4.78, 5) is 30.8. The van der Waals surface area contributed by atoms with Crippen LogP contribution in [0.5, 0.6) is 0 Å². The summed E-state index contributed by atoms with van der Waals surface area (Å²) in [6.07, 6.45) is -9.48. The fourth-order valence-electron chi connectivity index (χ4n) is 5.35. The quantitative estimate of drug-likeness (QED) is 0.143. The fourth-order valence-corrected chi connectivity index (χ4v) is 6.55. The molecule has 1 atom stereocenters. The number of hydrogen-bond acceptors (Lipinski definition) is 5. The molecule has 0 bridgehead atoms. The maximum absolute atomic E-state index is 13.6. The van der Waals surface area contributed by atoms with Gasteiger partial charge in [-0.2, -0.15) is 26.3 Å². The lowest BCUT2D eigenvalue weighted by molar-refractivity contribution is -0.143. The van der Waals surface area contributed by atoms with Crippen LogP contribution in [-0.2, 0) is 27.2 Å². The first-order valence-electron chi connectivity index (χ1n) is 15.1. The molecule has 0 aliphatic heterocycles. The van der Waals surface area contributed by atoms with E-state index in [0.717, 1.165) is 10.8 Å². The monoisotopic (exact) mass is 701 g/mol. The number of benzene rings is 4. The van der Waals surface area contributed by atoms with E-state index >= 15 is 0 Å². The number of carbonyl (C=O) groups excluding carboxylic acids is 2. The third-order valence-electron chi connectivity index (χ3n) is 7.76. The molecule has 2 amide bonds. The molecule has 7 nitrogen and oxygen atoms in total. The smallest absolute Gasteiger partial charge is 0.345 e. The maximum Gasteiger partial charge on any atom is 0.416 e. The second-order valence-corrected chi connectivity index (χ2v) is 13.2. The average molecular weight is 702 g/mol. The molecule has 49 heavy (non-hydrogen) atoms. The number of amides is 2. The van der Waals surface area contributed by atoms with Crippen LogP contribution in [0.2, 0.25) is 0 Å². The first-order chi connectivity index (χ1) is 23.0. The van der Waals surface area contributed by atoms with E-state index < -0.39 is 63.3 Å². The molecule has 5 rings (SSSR count). The van der Waals surface area contributed by atoms with Crippen molar-refractivity contribution in [2.45, 2.75) is 44.6 Å². The Bertz CT molecular complexity index is 2110. The van der Waals surface area contributed by atoms with Crippen molar-refractivity contribution in [2.24, 2.45) is 0 Å². The molecule has 1 aromatic heterocycles. The van der Waals surface area contributed by atoms with E-state index in [2.05, 4.69) is 15.0 Å². The molecular formula is C35H29F6N3O4S. The Hall–Kier alpha value is -4.98. The topological polar surface area (TPSA) is 105 Å². The molecule has 0 saturated carbocycles. The lowest BCUT2D eigenvalue weighted by atomic mass is 9.96.